The number of nitrogens with zero attached hydrogens (tertiary/aromatic N) is 6. The van der Waals surface area contributed by atoms with E-state index in [0.29, 0.717) is 43.3 Å². The normalized spacial score (nSPS) is 21.1. The number of alkyl halides is 3. The molecule has 0 spiro atoms. The number of benzene rings is 1. The highest BCUT2D eigenvalue weighted by molar-refractivity contribution is 6.04. The van der Waals surface area contributed by atoms with Gasteiger partial charge in [0, 0.05) is 30.9 Å². The lowest BCUT2D eigenvalue weighted by atomic mass is 10.1. The van der Waals surface area contributed by atoms with Gasteiger partial charge in [-0.2, -0.15) is 18.2 Å². The van der Waals surface area contributed by atoms with E-state index >= 15 is 0 Å². The molecule has 1 unspecified atom stereocenters. The van der Waals surface area contributed by atoms with Crippen molar-refractivity contribution in [3.05, 3.63) is 47.8 Å². The Morgan fingerprint density at radius 2 is 2.05 bits per heavy atom. The number of aromatic nitrogens is 4. The van der Waals surface area contributed by atoms with Gasteiger partial charge in [-0.25, -0.2) is 19.7 Å². The lowest BCUT2D eigenvalue weighted by Crippen LogP contribution is -2.48. The Balaban J connectivity index is 1.25. The number of rotatable bonds is 5. The number of nitrogens with one attached hydrogen (secondary N) is 1. The van der Waals surface area contributed by atoms with Gasteiger partial charge in [-0.1, -0.05) is 12.1 Å². The number of anilines is 3. The summed E-state index contributed by atoms with van der Waals surface area (Å²) < 4.78 is 57.1. The molecule has 1 aromatic carbocycles. The average molecular weight is 572 g/mol. The third-order valence-electron chi connectivity index (χ3n) is 7.11. The molecule has 2 bridgehead atoms. The first-order valence-electron chi connectivity index (χ1n) is 13.2. The van der Waals surface area contributed by atoms with Gasteiger partial charge in [-0.3, -0.25) is 10.2 Å². The van der Waals surface area contributed by atoms with Crippen LogP contribution >= 0.6 is 0 Å². The fourth-order valence-electron chi connectivity index (χ4n) is 5.31. The molecule has 6 rings (SSSR count). The number of fused-ring (bicyclic) bond motifs is 4. The zero-order valence-corrected chi connectivity index (χ0v) is 22.6. The number of carbonyl (C=O) groups excluding carboxylic acids is 1. The smallest absolute Gasteiger partial charge is 0.416 e. The molecule has 41 heavy (non-hydrogen) atoms. The van der Waals surface area contributed by atoms with Gasteiger partial charge >= 0.3 is 12.2 Å². The molecule has 11 nitrogen and oxygen atoms in total. The molecule has 2 atom stereocenters. The summed E-state index contributed by atoms with van der Waals surface area (Å²) in [6.45, 7) is 7.27. The van der Waals surface area contributed by atoms with Crippen LogP contribution in [0.15, 0.2) is 36.5 Å². The summed E-state index contributed by atoms with van der Waals surface area (Å²) in [6.07, 6.45) is -2.62. The van der Waals surface area contributed by atoms with Gasteiger partial charge in [-0.15, -0.1) is 0 Å². The minimum absolute atomic E-state index is 0.0299. The van der Waals surface area contributed by atoms with E-state index < -0.39 is 23.6 Å². The summed E-state index contributed by atoms with van der Waals surface area (Å²) in [5.74, 6) is 0.0228. The molecule has 3 aliphatic heterocycles. The Hall–Kier alpha value is -4.04. The molecule has 0 aliphatic carbocycles. The average Bonchev–Trinajstić information content (AvgIpc) is 3.49. The first-order valence-corrected chi connectivity index (χ1v) is 13.2. The molecule has 0 saturated carbocycles. The van der Waals surface area contributed by atoms with Crippen molar-refractivity contribution in [1.29, 1.82) is 0 Å². The number of ether oxygens (including phenoxy) is 3. The fraction of sp³-hybridized carbons (Fsp3) is 0.444. The zero-order valence-electron chi connectivity index (χ0n) is 22.6. The number of hydrogen-bond acceptors (Lipinski definition) is 9. The SMILES string of the molecule is Cc1nc(-c2cccc(C(F)(F)F)c2)nc2c1N1CCC(C1)N2C(=O)Nc1nccc(OC[C@@H]2COC(C)(C)O2)n1. The topological polar surface area (TPSA) is 115 Å². The van der Waals surface area contributed by atoms with Crippen LogP contribution in [0.25, 0.3) is 11.4 Å². The molecule has 2 amide bonds. The number of aryl methyl sites for hydroxylation is 1. The van der Waals surface area contributed by atoms with Crippen LogP contribution in [0.2, 0.25) is 0 Å². The van der Waals surface area contributed by atoms with E-state index in [9.17, 15) is 18.0 Å². The molecule has 1 N–H and O–H groups in total. The number of urea groups is 1. The van der Waals surface area contributed by atoms with Crippen molar-refractivity contribution in [2.75, 3.05) is 41.4 Å². The van der Waals surface area contributed by atoms with E-state index in [2.05, 4.69) is 30.2 Å². The van der Waals surface area contributed by atoms with Gasteiger partial charge in [0.05, 0.1) is 23.9 Å². The van der Waals surface area contributed by atoms with Crippen LogP contribution < -0.4 is 19.9 Å². The van der Waals surface area contributed by atoms with E-state index in [0.717, 1.165) is 12.1 Å². The molecule has 0 radical (unpaired) electrons. The third kappa shape index (κ3) is 5.48. The molecular weight excluding hydrogens is 543 g/mol. The van der Waals surface area contributed by atoms with Crippen LogP contribution in [0.4, 0.5) is 35.4 Å². The summed E-state index contributed by atoms with van der Waals surface area (Å²) in [6, 6.07) is 5.68. The highest BCUT2D eigenvalue weighted by Crippen LogP contribution is 2.42. The first kappa shape index (κ1) is 27.1. The maximum absolute atomic E-state index is 13.6. The second-order valence-corrected chi connectivity index (χ2v) is 10.6. The molecular formula is C27H28F3N7O4. The van der Waals surface area contributed by atoms with Crippen LogP contribution in [0.1, 0.15) is 31.5 Å². The van der Waals surface area contributed by atoms with Crippen LogP contribution in [0.5, 0.6) is 5.88 Å². The van der Waals surface area contributed by atoms with Gasteiger partial charge in [-0.05, 0) is 39.3 Å². The summed E-state index contributed by atoms with van der Waals surface area (Å²) in [7, 11) is 0. The highest BCUT2D eigenvalue weighted by atomic mass is 19.4. The lowest BCUT2D eigenvalue weighted by molar-refractivity contribution is -0.141. The molecule has 216 valence electrons. The summed E-state index contributed by atoms with van der Waals surface area (Å²) >= 11 is 0. The van der Waals surface area contributed by atoms with Crippen molar-refractivity contribution >= 4 is 23.5 Å². The molecule has 2 saturated heterocycles. The predicted octanol–water partition coefficient (Wildman–Crippen LogP) is 4.42. The van der Waals surface area contributed by atoms with Crippen molar-refractivity contribution in [3.63, 3.8) is 0 Å². The first-order chi connectivity index (χ1) is 19.5. The summed E-state index contributed by atoms with van der Waals surface area (Å²) in [5.41, 5.74) is 0.632. The van der Waals surface area contributed by atoms with Crippen LogP contribution in [0.3, 0.4) is 0 Å². The predicted molar refractivity (Wildman–Crippen MR) is 142 cm³/mol. The number of amides is 2. The van der Waals surface area contributed by atoms with Crippen molar-refractivity contribution in [2.45, 2.75) is 51.3 Å². The quantitative estimate of drug-likeness (QED) is 0.475. The van der Waals surface area contributed by atoms with E-state index in [1.807, 2.05) is 13.8 Å². The minimum Gasteiger partial charge on any atom is -0.475 e. The maximum Gasteiger partial charge on any atom is 0.416 e. The second-order valence-electron chi connectivity index (χ2n) is 10.6. The van der Waals surface area contributed by atoms with Gasteiger partial charge in [0.25, 0.3) is 0 Å². The summed E-state index contributed by atoms with van der Waals surface area (Å²) in [4.78, 5) is 34.8. The standard InChI is InChI=1S/C27H28F3N7O4/c1-15-21-23(34-22(32-15)16-5-4-6-17(11-16)27(28,29)30)37(18-8-10-36(21)12-18)25(38)35-24-31-9-7-20(33-24)39-13-19-14-40-26(2,3)41-19/h4-7,9,11,18-19H,8,10,12-14H2,1-3H3,(H,31,33,35,38)/t18?,19-/m1/s1. The van der Waals surface area contributed by atoms with Gasteiger partial charge in [0.2, 0.25) is 11.8 Å². The van der Waals surface area contributed by atoms with Crippen LogP contribution in [0, 0.1) is 6.92 Å². The van der Waals surface area contributed by atoms with E-state index in [1.54, 1.807) is 13.0 Å². The lowest BCUT2D eigenvalue weighted by Gasteiger charge is -2.36. The molecule has 14 heteroatoms. The van der Waals surface area contributed by atoms with E-state index in [1.165, 1.54) is 23.2 Å². The second kappa shape index (κ2) is 10.1. The Morgan fingerprint density at radius 3 is 2.80 bits per heavy atom. The number of carbonyl (C=O) groups is 1. The Morgan fingerprint density at radius 1 is 1.22 bits per heavy atom. The summed E-state index contributed by atoms with van der Waals surface area (Å²) in [5, 5.41) is 2.73. The molecule has 5 heterocycles. The van der Waals surface area contributed by atoms with Crippen molar-refractivity contribution in [3.8, 4) is 17.3 Å². The Bertz CT molecular complexity index is 1490. The van der Waals surface area contributed by atoms with Crippen molar-refractivity contribution < 1.29 is 32.2 Å². The van der Waals surface area contributed by atoms with Gasteiger partial charge in [0.1, 0.15) is 18.4 Å². The highest BCUT2D eigenvalue weighted by Gasteiger charge is 2.42. The Kier molecular flexibility index (Phi) is 6.69. The van der Waals surface area contributed by atoms with Crippen LogP contribution in [-0.2, 0) is 15.7 Å². The zero-order chi connectivity index (χ0) is 28.9. The third-order valence-corrected chi connectivity index (χ3v) is 7.11. The molecule has 3 aromatic rings. The van der Waals surface area contributed by atoms with E-state index in [4.69, 9.17) is 14.2 Å². The van der Waals surface area contributed by atoms with Crippen LogP contribution in [-0.4, -0.2) is 70.2 Å². The molecule has 2 fully saturated rings. The van der Waals surface area contributed by atoms with Crippen molar-refractivity contribution in [1.82, 2.24) is 19.9 Å². The van der Waals surface area contributed by atoms with E-state index in [-0.39, 0.29) is 42.0 Å². The largest absolute Gasteiger partial charge is 0.475 e. The number of halogens is 3. The van der Waals surface area contributed by atoms with Crippen molar-refractivity contribution in [2.24, 2.45) is 0 Å². The van der Waals surface area contributed by atoms with Gasteiger partial charge < -0.3 is 19.1 Å². The Labute approximate surface area is 233 Å². The molecule has 2 aromatic heterocycles. The number of hydrogen-bond donors (Lipinski definition) is 1. The monoisotopic (exact) mass is 571 g/mol. The van der Waals surface area contributed by atoms with Gasteiger partial charge in [0.15, 0.2) is 17.4 Å². The molecule has 3 aliphatic rings. The fourth-order valence-corrected chi connectivity index (χ4v) is 5.31. The minimum atomic E-state index is -4.51. The maximum atomic E-state index is 13.6.